The molecule has 0 atom stereocenters. The van der Waals surface area contributed by atoms with E-state index in [9.17, 15) is 14.9 Å². The molecule has 0 saturated heterocycles. The van der Waals surface area contributed by atoms with Gasteiger partial charge in [-0.2, -0.15) is 0 Å². The molecule has 0 spiro atoms. The second-order valence-electron chi connectivity index (χ2n) is 3.75. The molecular formula is C14H14N2O3. The van der Waals surface area contributed by atoms with E-state index < -0.39 is 4.92 Å². The van der Waals surface area contributed by atoms with Gasteiger partial charge >= 0.3 is 0 Å². The SMILES string of the molecule is C#CCCCNC(=O)/C=C/c1ccccc1[N+](=O)[O-]. The molecule has 0 aromatic heterocycles. The fraction of sp³-hybridized carbons (Fsp3) is 0.214. The maximum absolute atomic E-state index is 11.4. The minimum absolute atomic E-state index is 0.0288. The number of nitrogens with one attached hydrogen (secondary N) is 1. The number of terminal acetylenes is 1. The molecule has 0 fully saturated rings. The highest BCUT2D eigenvalue weighted by atomic mass is 16.6. The molecule has 1 N–H and O–H groups in total. The van der Waals surface area contributed by atoms with Crippen LogP contribution in [0.4, 0.5) is 5.69 Å². The number of nitro benzene ring substituents is 1. The molecule has 0 heterocycles. The van der Waals surface area contributed by atoms with Crippen molar-refractivity contribution in [3.63, 3.8) is 0 Å². The van der Waals surface area contributed by atoms with Crippen LogP contribution in [-0.4, -0.2) is 17.4 Å². The summed E-state index contributed by atoms with van der Waals surface area (Å²) in [5, 5.41) is 13.4. The van der Waals surface area contributed by atoms with E-state index in [2.05, 4.69) is 11.2 Å². The average molecular weight is 258 g/mol. The van der Waals surface area contributed by atoms with Crippen LogP contribution in [0.5, 0.6) is 0 Å². The zero-order chi connectivity index (χ0) is 14.1. The molecule has 1 rings (SSSR count). The molecule has 1 amide bonds. The Kier molecular flexibility index (Phi) is 5.83. The summed E-state index contributed by atoms with van der Waals surface area (Å²) < 4.78 is 0. The highest BCUT2D eigenvalue weighted by Crippen LogP contribution is 2.18. The van der Waals surface area contributed by atoms with Crippen LogP contribution in [0.1, 0.15) is 18.4 Å². The molecule has 0 bridgehead atoms. The lowest BCUT2D eigenvalue weighted by Crippen LogP contribution is -2.21. The highest BCUT2D eigenvalue weighted by molar-refractivity contribution is 5.92. The number of rotatable bonds is 6. The Morgan fingerprint density at radius 2 is 2.21 bits per heavy atom. The second kappa shape index (κ2) is 7.67. The summed E-state index contributed by atoms with van der Waals surface area (Å²) in [4.78, 5) is 21.7. The van der Waals surface area contributed by atoms with E-state index in [4.69, 9.17) is 6.42 Å². The molecule has 0 aliphatic carbocycles. The third kappa shape index (κ3) is 5.04. The lowest BCUT2D eigenvalue weighted by molar-refractivity contribution is -0.385. The maximum Gasteiger partial charge on any atom is 0.276 e. The minimum Gasteiger partial charge on any atom is -0.353 e. The van der Waals surface area contributed by atoms with Gasteiger partial charge in [-0.15, -0.1) is 12.3 Å². The molecule has 5 nitrogen and oxygen atoms in total. The number of carbonyl (C=O) groups excluding carboxylic acids is 1. The summed E-state index contributed by atoms with van der Waals surface area (Å²) in [5.74, 6) is 2.18. The Morgan fingerprint density at radius 1 is 1.47 bits per heavy atom. The maximum atomic E-state index is 11.4. The molecular weight excluding hydrogens is 244 g/mol. The quantitative estimate of drug-likeness (QED) is 0.279. The smallest absolute Gasteiger partial charge is 0.276 e. The van der Waals surface area contributed by atoms with Crippen LogP contribution in [0.2, 0.25) is 0 Å². The van der Waals surface area contributed by atoms with Gasteiger partial charge in [0.2, 0.25) is 5.91 Å². The van der Waals surface area contributed by atoms with Crippen molar-refractivity contribution in [1.82, 2.24) is 5.32 Å². The topological polar surface area (TPSA) is 72.2 Å². The number of nitrogens with zero attached hydrogens (tertiary/aromatic N) is 1. The van der Waals surface area contributed by atoms with Gasteiger partial charge in [-0.05, 0) is 18.6 Å². The van der Waals surface area contributed by atoms with Gasteiger partial charge in [-0.25, -0.2) is 0 Å². The number of benzene rings is 1. The van der Waals surface area contributed by atoms with Crippen LogP contribution in [0.15, 0.2) is 30.3 Å². The fourth-order valence-corrected chi connectivity index (χ4v) is 1.42. The lowest BCUT2D eigenvalue weighted by Gasteiger charge is -1.99. The van der Waals surface area contributed by atoms with Crippen molar-refractivity contribution >= 4 is 17.7 Å². The van der Waals surface area contributed by atoms with E-state index in [0.717, 1.165) is 0 Å². The number of unbranched alkanes of at least 4 members (excludes halogenated alkanes) is 1. The van der Waals surface area contributed by atoms with Gasteiger partial charge in [-0.3, -0.25) is 14.9 Å². The predicted molar refractivity (Wildman–Crippen MR) is 73.2 cm³/mol. The molecule has 0 saturated carbocycles. The van der Waals surface area contributed by atoms with Crippen LogP contribution in [0, 0.1) is 22.5 Å². The molecule has 0 radical (unpaired) electrons. The summed E-state index contributed by atoms with van der Waals surface area (Å²) in [5.41, 5.74) is 0.366. The first-order valence-electron chi connectivity index (χ1n) is 5.78. The number of para-hydroxylation sites is 1. The van der Waals surface area contributed by atoms with E-state index in [0.29, 0.717) is 24.9 Å². The molecule has 1 aromatic carbocycles. The summed E-state index contributed by atoms with van der Waals surface area (Å²) in [6, 6.07) is 6.23. The Hall–Kier alpha value is -2.61. The van der Waals surface area contributed by atoms with Crippen molar-refractivity contribution in [2.24, 2.45) is 0 Å². The van der Waals surface area contributed by atoms with Gasteiger partial charge in [0, 0.05) is 25.1 Å². The molecule has 0 aliphatic heterocycles. The molecule has 0 unspecified atom stereocenters. The molecule has 1 aromatic rings. The van der Waals surface area contributed by atoms with Crippen molar-refractivity contribution in [3.8, 4) is 12.3 Å². The fourth-order valence-electron chi connectivity index (χ4n) is 1.42. The van der Waals surface area contributed by atoms with Crippen LogP contribution in [-0.2, 0) is 4.79 Å². The molecule has 0 aliphatic rings. The first kappa shape index (κ1) is 14.5. The van der Waals surface area contributed by atoms with Crippen molar-refractivity contribution in [2.75, 3.05) is 6.54 Å². The lowest BCUT2D eigenvalue weighted by atomic mass is 10.1. The zero-order valence-electron chi connectivity index (χ0n) is 10.3. The van der Waals surface area contributed by atoms with Gasteiger partial charge in [0.1, 0.15) is 0 Å². The Morgan fingerprint density at radius 3 is 2.89 bits per heavy atom. The number of amides is 1. The standard InChI is InChI=1S/C14H14N2O3/c1-2-3-6-11-15-14(17)10-9-12-7-4-5-8-13(12)16(18)19/h1,4-5,7-10H,3,6,11H2,(H,15,17)/b10-9+. The predicted octanol–water partition coefficient (Wildman–Crippen LogP) is 2.14. The number of hydrogen-bond donors (Lipinski definition) is 1. The third-order valence-corrected chi connectivity index (χ3v) is 2.34. The summed E-state index contributed by atoms with van der Waals surface area (Å²) in [6.45, 7) is 0.490. The van der Waals surface area contributed by atoms with E-state index in [1.165, 1.54) is 18.2 Å². The minimum atomic E-state index is -0.482. The largest absolute Gasteiger partial charge is 0.353 e. The molecule has 19 heavy (non-hydrogen) atoms. The first-order valence-corrected chi connectivity index (χ1v) is 5.78. The highest BCUT2D eigenvalue weighted by Gasteiger charge is 2.09. The van der Waals surface area contributed by atoms with Gasteiger partial charge < -0.3 is 5.32 Å². The molecule has 98 valence electrons. The van der Waals surface area contributed by atoms with E-state index in [1.807, 2.05) is 0 Å². The van der Waals surface area contributed by atoms with Crippen LogP contribution >= 0.6 is 0 Å². The number of nitro groups is 1. The van der Waals surface area contributed by atoms with Crippen molar-refractivity contribution in [3.05, 3.63) is 46.0 Å². The third-order valence-electron chi connectivity index (χ3n) is 2.34. The van der Waals surface area contributed by atoms with Crippen LogP contribution < -0.4 is 5.32 Å². The van der Waals surface area contributed by atoms with E-state index in [1.54, 1.807) is 18.2 Å². The summed E-state index contributed by atoms with van der Waals surface area (Å²) >= 11 is 0. The average Bonchev–Trinajstić information content (AvgIpc) is 2.41. The first-order chi connectivity index (χ1) is 9.15. The number of carbonyl (C=O) groups is 1. The second-order valence-corrected chi connectivity index (χ2v) is 3.75. The Bertz CT molecular complexity index is 530. The number of hydrogen-bond acceptors (Lipinski definition) is 3. The molecule has 5 heteroatoms. The zero-order valence-corrected chi connectivity index (χ0v) is 10.3. The monoisotopic (exact) mass is 258 g/mol. The van der Waals surface area contributed by atoms with Gasteiger partial charge in [0.25, 0.3) is 5.69 Å². The van der Waals surface area contributed by atoms with Crippen LogP contribution in [0.3, 0.4) is 0 Å². The van der Waals surface area contributed by atoms with Gasteiger partial charge in [0.15, 0.2) is 0 Å². The van der Waals surface area contributed by atoms with E-state index in [-0.39, 0.29) is 11.6 Å². The van der Waals surface area contributed by atoms with Crippen LogP contribution in [0.25, 0.3) is 6.08 Å². The van der Waals surface area contributed by atoms with E-state index >= 15 is 0 Å². The normalized spacial score (nSPS) is 10.1. The van der Waals surface area contributed by atoms with Gasteiger partial charge in [-0.1, -0.05) is 12.1 Å². The van der Waals surface area contributed by atoms with Crippen molar-refractivity contribution in [2.45, 2.75) is 12.8 Å². The summed E-state index contributed by atoms with van der Waals surface area (Å²) in [6.07, 6.45) is 9.10. The summed E-state index contributed by atoms with van der Waals surface area (Å²) in [7, 11) is 0. The van der Waals surface area contributed by atoms with Gasteiger partial charge in [0.05, 0.1) is 10.5 Å². The van der Waals surface area contributed by atoms with Crippen molar-refractivity contribution in [1.29, 1.82) is 0 Å². The Labute approximate surface area is 111 Å². The van der Waals surface area contributed by atoms with Crippen molar-refractivity contribution < 1.29 is 9.72 Å². The Balaban J connectivity index is 2.59.